The standard InChI is InChI=1S/C25H22F3N7O/c1-14-3-4-19(23-30-5-2-6-31-23)22(34-14)24(36)35-13-16-7-15(16)8-18(35)12-33-21-9-20(25(26,27)28)17(10-29)11-32-21/h2-6,9,11,15-16,18H,7-8,12-13H2,1H3,(H,32,33). The summed E-state index contributed by atoms with van der Waals surface area (Å²) in [5.41, 5.74) is -0.127. The molecule has 4 heterocycles. The van der Waals surface area contributed by atoms with E-state index in [0.717, 1.165) is 25.1 Å². The number of likely N-dealkylation sites (tertiary alicyclic amines) is 1. The third kappa shape index (κ3) is 4.71. The first-order valence-corrected chi connectivity index (χ1v) is 11.5. The molecule has 1 aliphatic carbocycles. The van der Waals surface area contributed by atoms with Crippen LogP contribution in [0.3, 0.4) is 0 Å². The van der Waals surface area contributed by atoms with Crippen molar-refractivity contribution in [3.8, 4) is 17.5 Å². The summed E-state index contributed by atoms with van der Waals surface area (Å²) in [5.74, 6) is 1.03. The predicted octanol–water partition coefficient (Wildman–Crippen LogP) is 4.10. The van der Waals surface area contributed by atoms with Crippen molar-refractivity contribution in [1.29, 1.82) is 5.26 Å². The van der Waals surface area contributed by atoms with Crippen LogP contribution in [0.2, 0.25) is 0 Å². The molecule has 1 amide bonds. The van der Waals surface area contributed by atoms with Crippen LogP contribution in [0, 0.1) is 30.1 Å². The molecule has 5 rings (SSSR count). The minimum atomic E-state index is -4.68. The number of aromatic nitrogens is 4. The Hall–Kier alpha value is -4.07. The van der Waals surface area contributed by atoms with Crippen LogP contribution in [0.1, 0.15) is 40.2 Å². The summed E-state index contributed by atoms with van der Waals surface area (Å²) in [7, 11) is 0. The average Bonchev–Trinajstić information content (AvgIpc) is 3.64. The van der Waals surface area contributed by atoms with Gasteiger partial charge in [0.2, 0.25) is 0 Å². The summed E-state index contributed by atoms with van der Waals surface area (Å²) in [5, 5.41) is 12.0. The van der Waals surface area contributed by atoms with E-state index in [1.165, 1.54) is 6.07 Å². The molecule has 11 heteroatoms. The molecule has 0 bridgehead atoms. The van der Waals surface area contributed by atoms with E-state index in [-0.39, 0.29) is 30.0 Å². The fraction of sp³-hybridized carbons (Fsp3) is 0.360. The molecule has 1 saturated heterocycles. The number of piperidine rings is 1. The van der Waals surface area contributed by atoms with Crippen LogP contribution in [0.5, 0.6) is 0 Å². The number of carbonyl (C=O) groups is 1. The first kappa shape index (κ1) is 23.7. The van der Waals surface area contributed by atoms with Crippen molar-refractivity contribution in [3.63, 3.8) is 0 Å². The molecule has 36 heavy (non-hydrogen) atoms. The number of nitriles is 1. The van der Waals surface area contributed by atoms with Gasteiger partial charge in [-0.05, 0) is 55.9 Å². The maximum absolute atomic E-state index is 13.8. The Kier molecular flexibility index (Phi) is 6.04. The van der Waals surface area contributed by atoms with Crippen LogP contribution in [0.15, 0.2) is 42.9 Å². The first-order chi connectivity index (χ1) is 17.2. The normalized spacial score (nSPS) is 20.9. The van der Waals surface area contributed by atoms with Crippen LogP contribution < -0.4 is 5.32 Å². The van der Waals surface area contributed by atoms with Crippen molar-refractivity contribution in [2.24, 2.45) is 11.8 Å². The smallest absolute Gasteiger partial charge is 0.368 e. The lowest BCUT2D eigenvalue weighted by molar-refractivity contribution is -0.137. The minimum absolute atomic E-state index is 0.00120. The lowest BCUT2D eigenvalue weighted by atomic mass is 10.00. The van der Waals surface area contributed by atoms with Gasteiger partial charge in [-0.3, -0.25) is 4.79 Å². The van der Waals surface area contributed by atoms with Crippen LogP contribution in [0.4, 0.5) is 19.0 Å². The molecule has 2 fully saturated rings. The highest BCUT2D eigenvalue weighted by molar-refractivity contribution is 5.98. The fourth-order valence-electron chi connectivity index (χ4n) is 4.72. The van der Waals surface area contributed by atoms with Gasteiger partial charge >= 0.3 is 6.18 Å². The van der Waals surface area contributed by atoms with Crippen molar-refractivity contribution in [2.75, 3.05) is 18.4 Å². The lowest BCUT2D eigenvalue weighted by Crippen LogP contribution is -2.48. The zero-order valence-electron chi connectivity index (χ0n) is 19.3. The number of fused-ring (bicyclic) bond motifs is 1. The predicted molar refractivity (Wildman–Crippen MR) is 123 cm³/mol. The molecule has 184 valence electrons. The third-order valence-corrected chi connectivity index (χ3v) is 6.67. The van der Waals surface area contributed by atoms with E-state index in [1.807, 2.05) is 0 Å². The quantitative estimate of drug-likeness (QED) is 0.570. The number of nitrogens with zero attached hydrogens (tertiary/aromatic N) is 6. The molecular weight excluding hydrogens is 471 g/mol. The zero-order chi connectivity index (χ0) is 25.4. The molecule has 0 radical (unpaired) electrons. The summed E-state index contributed by atoms with van der Waals surface area (Å²) in [6.07, 6.45) is 1.18. The number of rotatable bonds is 5. The Morgan fingerprint density at radius 3 is 2.69 bits per heavy atom. The largest absolute Gasteiger partial charge is 0.417 e. The summed E-state index contributed by atoms with van der Waals surface area (Å²) < 4.78 is 40.1. The summed E-state index contributed by atoms with van der Waals surface area (Å²) in [6.45, 7) is 2.57. The van der Waals surface area contributed by atoms with Gasteiger partial charge in [-0.2, -0.15) is 18.4 Å². The number of halogens is 3. The Morgan fingerprint density at radius 1 is 1.19 bits per heavy atom. The molecular formula is C25H22F3N7O. The van der Waals surface area contributed by atoms with Crippen molar-refractivity contribution in [3.05, 3.63) is 65.4 Å². The van der Waals surface area contributed by atoms with Gasteiger partial charge in [0, 0.05) is 43.4 Å². The van der Waals surface area contributed by atoms with Crippen LogP contribution in [0.25, 0.3) is 11.4 Å². The maximum Gasteiger partial charge on any atom is 0.417 e. The molecule has 2 aliphatic rings. The molecule has 0 aromatic carbocycles. The molecule has 1 saturated carbocycles. The number of nitrogens with one attached hydrogen (secondary N) is 1. The number of hydrogen-bond acceptors (Lipinski definition) is 7. The molecule has 3 aromatic heterocycles. The molecule has 8 nitrogen and oxygen atoms in total. The van der Waals surface area contributed by atoms with Crippen LogP contribution >= 0.6 is 0 Å². The lowest BCUT2D eigenvalue weighted by Gasteiger charge is -2.36. The molecule has 1 aliphatic heterocycles. The van der Waals surface area contributed by atoms with Gasteiger partial charge in [0.05, 0.1) is 16.7 Å². The second-order valence-electron chi connectivity index (χ2n) is 9.13. The van der Waals surface area contributed by atoms with E-state index in [1.54, 1.807) is 42.4 Å². The van der Waals surface area contributed by atoms with Gasteiger partial charge in [0.1, 0.15) is 17.6 Å². The van der Waals surface area contributed by atoms with Crippen molar-refractivity contribution < 1.29 is 18.0 Å². The van der Waals surface area contributed by atoms with Gasteiger partial charge in [0.15, 0.2) is 5.82 Å². The first-order valence-electron chi connectivity index (χ1n) is 11.5. The summed E-state index contributed by atoms with van der Waals surface area (Å²) in [6, 6.07) is 7.36. The van der Waals surface area contributed by atoms with E-state index in [2.05, 4.69) is 25.3 Å². The molecule has 3 unspecified atom stereocenters. The zero-order valence-corrected chi connectivity index (χ0v) is 19.3. The van der Waals surface area contributed by atoms with Crippen LogP contribution in [-0.4, -0.2) is 49.9 Å². The molecule has 3 aromatic rings. The van der Waals surface area contributed by atoms with Crippen molar-refractivity contribution >= 4 is 11.7 Å². The highest BCUT2D eigenvalue weighted by Gasteiger charge is 2.47. The second-order valence-corrected chi connectivity index (χ2v) is 9.13. The summed E-state index contributed by atoms with van der Waals surface area (Å²) >= 11 is 0. The second kappa shape index (κ2) is 9.18. The monoisotopic (exact) mass is 493 g/mol. The fourth-order valence-corrected chi connectivity index (χ4v) is 4.72. The Labute approximate surface area is 205 Å². The topological polar surface area (TPSA) is 108 Å². The van der Waals surface area contributed by atoms with E-state index >= 15 is 0 Å². The highest BCUT2D eigenvalue weighted by atomic mass is 19.4. The molecule has 3 atom stereocenters. The van der Waals surface area contributed by atoms with Crippen molar-refractivity contribution in [2.45, 2.75) is 32.0 Å². The Bertz CT molecular complexity index is 1340. The number of pyridine rings is 2. The van der Waals surface area contributed by atoms with Gasteiger partial charge < -0.3 is 10.2 Å². The van der Waals surface area contributed by atoms with E-state index in [0.29, 0.717) is 35.5 Å². The Balaban J connectivity index is 1.41. The number of hydrogen-bond donors (Lipinski definition) is 1. The third-order valence-electron chi connectivity index (χ3n) is 6.67. The van der Waals surface area contributed by atoms with Crippen molar-refractivity contribution in [1.82, 2.24) is 24.8 Å². The maximum atomic E-state index is 13.8. The summed E-state index contributed by atoms with van der Waals surface area (Å²) in [4.78, 5) is 32.6. The van der Waals surface area contributed by atoms with Gasteiger partial charge in [-0.25, -0.2) is 19.9 Å². The van der Waals surface area contributed by atoms with Gasteiger partial charge in [-0.15, -0.1) is 0 Å². The molecule has 1 N–H and O–H groups in total. The van der Waals surface area contributed by atoms with Gasteiger partial charge in [0.25, 0.3) is 5.91 Å². The average molecular weight is 493 g/mol. The minimum Gasteiger partial charge on any atom is -0.368 e. The highest BCUT2D eigenvalue weighted by Crippen LogP contribution is 2.47. The SMILES string of the molecule is Cc1ccc(-c2ncccn2)c(C(=O)N2CC3CC3CC2CNc2cc(C(F)(F)F)c(C#N)cn2)n1. The number of amides is 1. The van der Waals surface area contributed by atoms with E-state index < -0.39 is 17.3 Å². The van der Waals surface area contributed by atoms with E-state index in [4.69, 9.17) is 5.26 Å². The number of aryl methyl sites for hydroxylation is 1. The van der Waals surface area contributed by atoms with Crippen LogP contribution in [-0.2, 0) is 6.18 Å². The number of alkyl halides is 3. The number of anilines is 1. The Morgan fingerprint density at radius 2 is 1.97 bits per heavy atom. The molecule has 0 spiro atoms. The van der Waals surface area contributed by atoms with E-state index in [9.17, 15) is 18.0 Å². The number of carbonyl (C=O) groups excluding carboxylic acids is 1. The van der Waals surface area contributed by atoms with Gasteiger partial charge in [-0.1, -0.05) is 0 Å².